The van der Waals surface area contributed by atoms with Crippen molar-refractivity contribution in [1.29, 1.82) is 0 Å². The molecule has 0 bridgehead atoms. The Morgan fingerprint density at radius 3 is 1.35 bits per heavy atom. The van der Waals surface area contributed by atoms with Gasteiger partial charge in [0.2, 0.25) is 23.8 Å². The van der Waals surface area contributed by atoms with E-state index in [0.29, 0.717) is 11.9 Å². The van der Waals surface area contributed by atoms with Gasteiger partial charge in [0.15, 0.2) is 0 Å². The highest BCUT2D eigenvalue weighted by atomic mass is 16.5. The van der Waals surface area contributed by atoms with E-state index < -0.39 is 0 Å². The maximum absolute atomic E-state index is 5.08. The van der Waals surface area contributed by atoms with E-state index in [0.717, 1.165) is 0 Å². The second kappa shape index (κ2) is 6.85. The van der Waals surface area contributed by atoms with Crippen LogP contribution in [0.5, 0.6) is 12.0 Å². The van der Waals surface area contributed by atoms with Crippen LogP contribution in [0.1, 0.15) is 0 Å². The fourth-order valence-electron chi connectivity index (χ4n) is 1.49. The molecular formula is C12H19N9O2. The van der Waals surface area contributed by atoms with Crippen LogP contribution in [-0.4, -0.2) is 72.3 Å². The Morgan fingerprint density at radius 1 is 0.652 bits per heavy atom. The van der Waals surface area contributed by atoms with Gasteiger partial charge in [-0.2, -0.15) is 29.9 Å². The van der Waals surface area contributed by atoms with Gasteiger partial charge in [-0.15, -0.1) is 0 Å². The predicted molar refractivity (Wildman–Crippen MR) is 84.7 cm³/mol. The van der Waals surface area contributed by atoms with Crippen LogP contribution in [0.2, 0.25) is 0 Å². The van der Waals surface area contributed by atoms with Crippen LogP contribution < -0.4 is 24.6 Å². The lowest BCUT2D eigenvalue weighted by molar-refractivity contribution is 0.378. The highest BCUT2D eigenvalue weighted by Crippen LogP contribution is 2.18. The van der Waals surface area contributed by atoms with Gasteiger partial charge >= 0.3 is 12.0 Å². The van der Waals surface area contributed by atoms with Gasteiger partial charge in [0, 0.05) is 28.2 Å². The molecule has 0 atom stereocenters. The summed E-state index contributed by atoms with van der Waals surface area (Å²) in [4.78, 5) is 28.5. The topological polar surface area (TPSA) is 114 Å². The Labute approximate surface area is 133 Å². The minimum Gasteiger partial charge on any atom is -0.467 e. The molecule has 11 nitrogen and oxygen atoms in total. The third-order valence-corrected chi connectivity index (χ3v) is 2.59. The lowest BCUT2D eigenvalue weighted by Crippen LogP contribution is -2.17. The Kier molecular flexibility index (Phi) is 4.88. The molecule has 0 amide bonds. The molecule has 0 aliphatic rings. The fourth-order valence-corrected chi connectivity index (χ4v) is 1.49. The van der Waals surface area contributed by atoms with E-state index >= 15 is 0 Å². The number of ether oxygens (including phenoxy) is 2. The predicted octanol–water partition coefficient (Wildman–Crippen LogP) is -0.0506. The highest BCUT2D eigenvalue weighted by Gasteiger charge is 2.13. The average molecular weight is 321 g/mol. The smallest absolute Gasteiger partial charge is 0.322 e. The van der Waals surface area contributed by atoms with Crippen molar-refractivity contribution in [1.82, 2.24) is 29.9 Å². The van der Waals surface area contributed by atoms with Crippen LogP contribution in [0.3, 0.4) is 0 Å². The fraction of sp³-hybridized carbons (Fsp3) is 0.500. The summed E-state index contributed by atoms with van der Waals surface area (Å²) in [6, 6.07) is 0.361. The summed E-state index contributed by atoms with van der Waals surface area (Å²) in [7, 11) is 10.2. The van der Waals surface area contributed by atoms with Crippen molar-refractivity contribution in [3.05, 3.63) is 0 Å². The average Bonchev–Trinajstić information content (AvgIpc) is 2.53. The third-order valence-electron chi connectivity index (χ3n) is 2.59. The van der Waals surface area contributed by atoms with E-state index in [4.69, 9.17) is 9.47 Å². The molecule has 2 heterocycles. The van der Waals surface area contributed by atoms with E-state index in [9.17, 15) is 0 Å². The van der Waals surface area contributed by atoms with Crippen LogP contribution >= 0.6 is 0 Å². The Balaban J connectivity index is 2.38. The van der Waals surface area contributed by atoms with Gasteiger partial charge in [0.05, 0.1) is 14.2 Å². The second-order valence-electron chi connectivity index (χ2n) is 4.81. The minimum absolute atomic E-state index is 0.181. The number of hydrogen-bond acceptors (Lipinski definition) is 11. The minimum atomic E-state index is 0.181. The van der Waals surface area contributed by atoms with Crippen molar-refractivity contribution in [3.8, 4) is 12.0 Å². The Bertz CT molecular complexity index is 620. The summed E-state index contributed by atoms with van der Waals surface area (Å²) < 4.78 is 10.2. The molecule has 0 fully saturated rings. The second-order valence-corrected chi connectivity index (χ2v) is 4.81. The normalized spacial score (nSPS) is 10.2. The third kappa shape index (κ3) is 4.02. The molecule has 1 N–H and O–H groups in total. The molecule has 124 valence electrons. The zero-order valence-electron chi connectivity index (χ0n) is 13.9. The van der Waals surface area contributed by atoms with E-state index in [-0.39, 0.29) is 23.9 Å². The summed E-state index contributed by atoms with van der Waals surface area (Å²) in [5, 5.41) is 2.91. The summed E-state index contributed by atoms with van der Waals surface area (Å²) >= 11 is 0. The van der Waals surface area contributed by atoms with Gasteiger partial charge in [0.25, 0.3) is 0 Å². The van der Waals surface area contributed by atoms with Crippen molar-refractivity contribution in [3.63, 3.8) is 0 Å². The first-order valence-corrected chi connectivity index (χ1v) is 6.64. The number of methoxy groups -OCH3 is 2. The summed E-state index contributed by atoms with van der Waals surface area (Å²) in [6.07, 6.45) is 0. The zero-order chi connectivity index (χ0) is 17.0. The molecule has 0 unspecified atom stereocenters. The standard InChI is InChI=1S/C12H19N9O2/c1-20(2)9-14-7(16-11(18-9)22-5)13-8-15-10(21(3)4)19-12(17-8)23-6/h1-6H3,(H,13,14,15,16,17,18,19). The van der Waals surface area contributed by atoms with Crippen LogP contribution in [0, 0.1) is 0 Å². The number of anilines is 4. The van der Waals surface area contributed by atoms with E-state index in [1.54, 1.807) is 9.80 Å². The number of nitrogens with zero attached hydrogens (tertiary/aromatic N) is 8. The van der Waals surface area contributed by atoms with Gasteiger partial charge in [0.1, 0.15) is 0 Å². The number of hydrogen-bond donors (Lipinski definition) is 1. The van der Waals surface area contributed by atoms with E-state index in [1.807, 2.05) is 28.2 Å². The maximum atomic E-state index is 5.08. The van der Waals surface area contributed by atoms with Crippen molar-refractivity contribution >= 4 is 23.8 Å². The summed E-state index contributed by atoms with van der Waals surface area (Å²) in [5.74, 6) is 1.37. The van der Waals surface area contributed by atoms with Crippen LogP contribution in [0.4, 0.5) is 23.8 Å². The van der Waals surface area contributed by atoms with Crippen molar-refractivity contribution in [2.75, 3.05) is 57.5 Å². The molecule has 0 aliphatic carbocycles. The van der Waals surface area contributed by atoms with Crippen molar-refractivity contribution < 1.29 is 9.47 Å². The molecule has 0 saturated carbocycles. The molecule has 23 heavy (non-hydrogen) atoms. The quantitative estimate of drug-likeness (QED) is 0.772. The first kappa shape index (κ1) is 16.4. The van der Waals surface area contributed by atoms with Gasteiger partial charge in [-0.3, -0.25) is 5.32 Å². The monoisotopic (exact) mass is 321 g/mol. The highest BCUT2D eigenvalue weighted by molar-refractivity contribution is 5.48. The van der Waals surface area contributed by atoms with E-state index in [2.05, 4.69) is 35.2 Å². The van der Waals surface area contributed by atoms with E-state index in [1.165, 1.54) is 14.2 Å². The number of aromatic nitrogens is 6. The largest absolute Gasteiger partial charge is 0.467 e. The number of nitrogens with one attached hydrogen (secondary N) is 1. The van der Waals surface area contributed by atoms with Crippen LogP contribution in [-0.2, 0) is 0 Å². The maximum Gasteiger partial charge on any atom is 0.322 e. The Morgan fingerprint density at radius 2 is 1.04 bits per heavy atom. The first-order valence-electron chi connectivity index (χ1n) is 6.64. The molecule has 0 spiro atoms. The lowest BCUT2D eigenvalue weighted by atomic mass is 10.7. The number of rotatable bonds is 6. The van der Waals surface area contributed by atoms with Gasteiger partial charge in [-0.05, 0) is 0 Å². The van der Waals surface area contributed by atoms with Gasteiger partial charge in [-0.1, -0.05) is 0 Å². The molecule has 0 aromatic carbocycles. The van der Waals surface area contributed by atoms with Gasteiger partial charge in [-0.25, -0.2) is 0 Å². The first-order chi connectivity index (χ1) is 10.9. The van der Waals surface area contributed by atoms with Crippen molar-refractivity contribution in [2.24, 2.45) is 0 Å². The van der Waals surface area contributed by atoms with Crippen LogP contribution in [0.15, 0.2) is 0 Å². The molecule has 0 aliphatic heterocycles. The zero-order valence-corrected chi connectivity index (χ0v) is 13.9. The molecule has 0 saturated heterocycles. The molecule has 2 rings (SSSR count). The lowest BCUT2D eigenvalue weighted by Gasteiger charge is -2.14. The molecule has 2 aromatic heterocycles. The Hall–Kier alpha value is -2.98. The van der Waals surface area contributed by atoms with Crippen LogP contribution in [0.25, 0.3) is 0 Å². The SMILES string of the molecule is COc1nc(Nc2nc(OC)nc(N(C)C)n2)nc(N(C)C)n1. The molecular weight excluding hydrogens is 302 g/mol. The summed E-state index contributed by atoms with van der Waals surface area (Å²) in [6.45, 7) is 0. The molecule has 0 radical (unpaired) electrons. The molecule has 11 heteroatoms. The van der Waals surface area contributed by atoms with Gasteiger partial charge < -0.3 is 19.3 Å². The van der Waals surface area contributed by atoms with Crippen molar-refractivity contribution in [2.45, 2.75) is 0 Å². The molecule has 2 aromatic rings. The summed E-state index contributed by atoms with van der Waals surface area (Å²) in [5.41, 5.74) is 0.